The zero-order valence-electron chi connectivity index (χ0n) is 4.98. The van der Waals surface area contributed by atoms with Gasteiger partial charge in [0.2, 0.25) is 0 Å². The molecule has 2 radical (unpaired) electrons. The summed E-state index contributed by atoms with van der Waals surface area (Å²) < 4.78 is 0. The van der Waals surface area contributed by atoms with Crippen LogP contribution in [0.25, 0.3) is 0 Å². The fourth-order valence-electron chi connectivity index (χ4n) is 0.235. The summed E-state index contributed by atoms with van der Waals surface area (Å²) in [5.74, 6) is 0.606. The maximum atomic E-state index is 4.96. The Kier molecular flexibility index (Phi) is 3.53. The van der Waals surface area contributed by atoms with Gasteiger partial charge < -0.3 is 0 Å². The standard InChI is InChI=1S/C6H12S/c1-4-5(2)6(3)7/h5-6H,1,4H2,2-3H3. The zero-order chi connectivity index (χ0) is 5.86. The van der Waals surface area contributed by atoms with Crippen LogP contribution in [-0.2, 0) is 0 Å². The highest BCUT2D eigenvalue weighted by atomic mass is 32.1. The van der Waals surface area contributed by atoms with Gasteiger partial charge in [0.25, 0.3) is 0 Å². The molecule has 0 nitrogen and oxygen atoms in total. The largest absolute Gasteiger partial charge is 0.0905 e. The molecule has 0 bridgehead atoms. The average Bonchev–Trinajstić information content (AvgIpc) is 1.65. The zero-order valence-corrected chi connectivity index (χ0v) is 5.79. The van der Waals surface area contributed by atoms with Crippen molar-refractivity contribution in [3.8, 4) is 0 Å². The van der Waals surface area contributed by atoms with Gasteiger partial charge in [-0.3, -0.25) is 0 Å². The lowest BCUT2D eigenvalue weighted by molar-refractivity contribution is 0.587. The highest BCUT2D eigenvalue weighted by Gasteiger charge is 2.03. The van der Waals surface area contributed by atoms with Crippen LogP contribution in [0.3, 0.4) is 0 Å². The normalized spacial score (nSPS) is 18.9. The van der Waals surface area contributed by atoms with Crippen molar-refractivity contribution in [2.75, 3.05) is 0 Å². The maximum absolute atomic E-state index is 4.96. The van der Waals surface area contributed by atoms with Gasteiger partial charge in [0.05, 0.1) is 0 Å². The summed E-state index contributed by atoms with van der Waals surface area (Å²) in [5, 5.41) is 0.387. The highest BCUT2D eigenvalue weighted by Crippen LogP contribution is 2.10. The Hall–Kier alpha value is 0.350. The minimum Gasteiger partial charge on any atom is -0.0905 e. The van der Waals surface area contributed by atoms with Crippen LogP contribution in [0.15, 0.2) is 0 Å². The van der Waals surface area contributed by atoms with Crippen molar-refractivity contribution in [2.45, 2.75) is 25.5 Å². The molecule has 0 aliphatic rings. The van der Waals surface area contributed by atoms with Crippen molar-refractivity contribution < 1.29 is 0 Å². The van der Waals surface area contributed by atoms with Crippen LogP contribution in [0.2, 0.25) is 0 Å². The maximum Gasteiger partial charge on any atom is 0.0148 e. The lowest BCUT2D eigenvalue weighted by atomic mass is 10.1. The molecule has 0 aromatic carbocycles. The molecule has 7 heavy (non-hydrogen) atoms. The van der Waals surface area contributed by atoms with E-state index >= 15 is 0 Å². The van der Waals surface area contributed by atoms with Crippen molar-refractivity contribution in [3.05, 3.63) is 6.92 Å². The van der Waals surface area contributed by atoms with Crippen LogP contribution in [0.5, 0.6) is 0 Å². The van der Waals surface area contributed by atoms with E-state index < -0.39 is 0 Å². The summed E-state index contributed by atoms with van der Waals surface area (Å²) >= 11 is 4.96. The summed E-state index contributed by atoms with van der Waals surface area (Å²) in [6, 6.07) is 0. The molecule has 1 heteroatoms. The van der Waals surface area contributed by atoms with E-state index in [9.17, 15) is 0 Å². The summed E-state index contributed by atoms with van der Waals surface area (Å²) in [4.78, 5) is 0. The third kappa shape index (κ3) is 2.98. The molecule has 0 aliphatic carbocycles. The first-order chi connectivity index (χ1) is 3.18. The lowest BCUT2D eigenvalue weighted by Crippen LogP contribution is -2.04. The highest BCUT2D eigenvalue weighted by molar-refractivity contribution is 7.80. The first kappa shape index (κ1) is 7.35. The van der Waals surface area contributed by atoms with Gasteiger partial charge in [-0.2, -0.15) is 0 Å². The minimum atomic E-state index is 0.387. The van der Waals surface area contributed by atoms with Crippen molar-refractivity contribution >= 4 is 12.6 Å². The lowest BCUT2D eigenvalue weighted by Gasteiger charge is -2.08. The van der Waals surface area contributed by atoms with Crippen LogP contribution >= 0.6 is 12.6 Å². The predicted molar refractivity (Wildman–Crippen MR) is 36.2 cm³/mol. The van der Waals surface area contributed by atoms with E-state index in [0.717, 1.165) is 6.42 Å². The third-order valence-electron chi connectivity index (χ3n) is 1.26. The van der Waals surface area contributed by atoms with Crippen LogP contribution < -0.4 is 0 Å². The van der Waals surface area contributed by atoms with Crippen molar-refractivity contribution in [2.24, 2.45) is 5.92 Å². The second-order valence-electron chi connectivity index (χ2n) is 1.97. The van der Waals surface area contributed by atoms with Gasteiger partial charge in [-0.05, 0) is 12.3 Å². The van der Waals surface area contributed by atoms with E-state index in [0.29, 0.717) is 11.2 Å². The Balaban J connectivity index is 3.14. The van der Waals surface area contributed by atoms with Gasteiger partial charge in [0, 0.05) is 5.25 Å². The predicted octanol–water partition coefficient (Wildman–Crippen LogP) is 2.43. The van der Waals surface area contributed by atoms with Crippen molar-refractivity contribution in [3.63, 3.8) is 0 Å². The molecule has 2 atom stereocenters. The molecule has 0 fully saturated rings. The summed E-state index contributed by atoms with van der Waals surface area (Å²) in [6.45, 7) is 7.92. The first-order valence-electron chi connectivity index (χ1n) is 2.63. The molecule has 0 aromatic rings. The Morgan fingerprint density at radius 2 is 2.00 bits per heavy atom. The summed E-state index contributed by atoms with van der Waals surface area (Å²) in [6.07, 6.45) is 0.963. The SMILES string of the molecule is [CH2]CC(C)C(C)[S]. The quantitative estimate of drug-likeness (QED) is 0.520. The monoisotopic (exact) mass is 116 g/mol. The Morgan fingerprint density at radius 1 is 1.57 bits per heavy atom. The second-order valence-corrected chi connectivity index (χ2v) is 2.71. The van der Waals surface area contributed by atoms with Crippen LogP contribution in [-0.4, -0.2) is 5.25 Å². The van der Waals surface area contributed by atoms with E-state index in [2.05, 4.69) is 13.8 Å². The van der Waals surface area contributed by atoms with Gasteiger partial charge >= 0.3 is 0 Å². The fourth-order valence-corrected chi connectivity index (χ4v) is 0.371. The van der Waals surface area contributed by atoms with E-state index in [1.165, 1.54) is 0 Å². The molecule has 0 saturated heterocycles. The minimum absolute atomic E-state index is 0.387. The first-order valence-corrected chi connectivity index (χ1v) is 3.10. The number of hydrogen-bond donors (Lipinski definition) is 0. The topological polar surface area (TPSA) is 0 Å². The molecule has 0 N–H and O–H groups in total. The van der Waals surface area contributed by atoms with Crippen molar-refractivity contribution in [1.29, 1.82) is 0 Å². The van der Waals surface area contributed by atoms with Crippen molar-refractivity contribution in [1.82, 2.24) is 0 Å². The van der Waals surface area contributed by atoms with Crippen LogP contribution in [0.1, 0.15) is 20.3 Å². The smallest absolute Gasteiger partial charge is 0.0148 e. The van der Waals surface area contributed by atoms with Gasteiger partial charge in [-0.1, -0.05) is 33.4 Å². The molecule has 0 aromatic heterocycles. The van der Waals surface area contributed by atoms with Gasteiger partial charge in [-0.25, -0.2) is 0 Å². The molecular weight excluding hydrogens is 104 g/mol. The number of hydrogen-bond acceptors (Lipinski definition) is 0. The molecule has 2 unspecified atom stereocenters. The summed E-state index contributed by atoms with van der Waals surface area (Å²) in [5.41, 5.74) is 0. The Labute approximate surface area is 51.7 Å². The average molecular weight is 116 g/mol. The second kappa shape index (κ2) is 3.36. The Morgan fingerprint density at radius 3 is 2.00 bits per heavy atom. The summed E-state index contributed by atoms with van der Waals surface area (Å²) in [7, 11) is 0. The van der Waals surface area contributed by atoms with Crippen LogP contribution in [0.4, 0.5) is 0 Å². The molecular formula is C6H12S. The molecule has 0 saturated carbocycles. The van der Waals surface area contributed by atoms with Gasteiger partial charge in [0.15, 0.2) is 0 Å². The third-order valence-corrected chi connectivity index (χ3v) is 1.72. The van der Waals surface area contributed by atoms with Crippen LogP contribution in [0, 0.1) is 12.8 Å². The van der Waals surface area contributed by atoms with E-state index in [-0.39, 0.29) is 0 Å². The molecule has 0 spiro atoms. The van der Waals surface area contributed by atoms with E-state index in [1.807, 2.05) is 6.92 Å². The molecule has 0 amide bonds. The van der Waals surface area contributed by atoms with E-state index in [1.54, 1.807) is 0 Å². The van der Waals surface area contributed by atoms with Gasteiger partial charge in [-0.15, -0.1) is 0 Å². The Bertz CT molecular complexity index is 41.4. The van der Waals surface area contributed by atoms with E-state index in [4.69, 9.17) is 12.6 Å². The molecule has 0 rings (SSSR count). The molecule has 42 valence electrons. The molecule has 0 heterocycles. The number of rotatable bonds is 2. The molecule has 0 aliphatic heterocycles. The van der Waals surface area contributed by atoms with Gasteiger partial charge in [0.1, 0.15) is 0 Å². The fraction of sp³-hybridized carbons (Fsp3) is 0.833.